The molecular weight excluding hydrogens is 238 g/mol. The molecule has 2 atom stereocenters. The average Bonchev–Trinajstić information content (AvgIpc) is 2.58. The van der Waals surface area contributed by atoms with Crippen molar-refractivity contribution in [2.75, 3.05) is 6.54 Å². The van der Waals surface area contributed by atoms with E-state index in [1.807, 2.05) is 0 Å². The summed E-state index contributed by atoms with van der Waals surface area (Å²) in [5.74, 6) is -0.709. The molecule has 0 aliphatic carbocycles. The number of hydrogen-bond acceptors (Lipinski definition) is 5. The largest absolute Gasteiger partial charge is 0.510 e. The predicted molar refractivity (Wildman–Crippen MR) is 61.9 cm³/mol. The molecule has 0 aromatic heterocycles. The topological polar surface area (TPSA) is 76.1 Å². The Hall–Kier alpha value is -1.72. The summed E-state index contributed by atoms with van der Waals surface area (Å²) in [6, 6.07) is -0.613. The first-order valence-corrected chi connectivity index (χ1v) is 5.89. The van der Waals surface area contributed by atoms with Gasteiger partial charge in [0.15, 0.2) is 0 Å². The fourth-order valence-corrected chi connectivity index (χ4v) is 2.15. The standard InChI is InChI=1S/C12H17NO5/c1-12(2,3)18-11(16)13-5-4-8-10(13)7(14)6-9(15)17-8/h6,8,10,14H,4-5H2,1-3H3/t8-,10-/m1/s1. The van der Waals surface area contributed by atoms with E-state index >= 15 is 0 Å². The monoisotopic (exact) mass is 255 g/mol. The van der Waals surface area contributed by atoms with Crippen LogP contribution in [0.1, 0.15) is 27.2 Å². The van der Waals surface area contributed by atoms with Gasteiger partial charge in [0.1, 0.15) is 23.5 Å². The number of hydrogen-bond donors (Lipinski definition) is 1. The summed E-state index contributed by atoms with van der Waals surface area (Å²) in [7, 11) is 0. The number of aliphatic hydroxyl groups excluding tert-OH is 1. The Morgan fingerprint density at radius 2 is 2.22 bits per heavy atom. The normalized spacial score (nSPS) is 27.4. The lowest BCUT2D eigenvalue weighted by molar-refractivity contribution is -0.146. The number of carbonyl (C=O) groups is 2. The Bertz CT molecular complexity index is 409. The molecule has 2 heterocycles. The second-order valence-electron chi connectivity index (χ2n) is 5.45. The first-order valence-electron chi connectivity index (χ1n) is 5.89. The van der Waals surface area contributed by atoms with Gasteiger partial charge in [-0.1, -0.05) is 0 Å². The molecule has 0 aromatic rings. The summed E-state index contributed by atoms with van der Waals surface area (Å²) in [4.78, 5) is 24.5. The Balaban J connectivity index is 2.14. The van der Waals surface area contributed by atoms with E-state index in [1.54, 1.807) is 20.8 Å². The molecule has 1 saturated heterocycles. The lowest BCUT2D eigenvalue weighted by atomic mass is 10.1. The molecule has 2 rings (SSSR count). The maximum atomic E-state index is 12.0. The number of likely N-dealkylation sites (tertiary alicyclic amines) is 1. The van der Waals surface area contributed by atoms with Crippen LogP contribution in [-0.2, 0) is 14.3 Å². The van der Waals surface area contributed by atoms with Crippen molar-refractivity contribution >= 4 is 12.1 Å². The van der Waals surface area contributed by atoms with E-state index in [1.165, 1.54) is 4.90 Å². The van der Waals surface area contributed by atoms with E-state index in [2.05, 4.69) is 0 Å². The second-order valence-corrected chi connectivity index (χ2v) is 5.45. The SMILES string of the molecule is CC(C)(C)OC(=O)N1CC[C@H]2OC(=O)C=C(O)[C@H]21. The summed E-state index contributed by atoms with van der Waals surface area (Å²) >= 11 is 0. The zero-order valence-electron chi connectivity index (χ0n) is 10.7. The minimum absolute atomic E-state index is 0.139. The number of amides is 1. The van der Waals surface area contributed by atoms with Crippen LogP contribution in [0.5, 0.6) is 0 Å². The molecule has 6 nitrogen and oxygen atoms in total. The Kier molecular flexibility index (Phi) is 2.96. The number of aliphatic hydroxyl groups is 1. The molecule has 18 heavy (non-hydrogen) atoms. The van der Waals surface area contributed by atoms with Crippen LogP contribution in [0.4, 0.5) is 4.79 Å². The molecule has 2 aliphatic heterocycles. The van der Waals surface area contributed by atoms with Gasteiger partial charge in [-0.15, -0.1) is 0 Å². The van der Waals surface area contributed by atoms with E-state index in [0.29, 0.717) is 13.0 Å². The first-order chi connectivity index (χ1) is 8.28. The fraction of sp³-hybridized carbons (Fsp3) is 0.667. The third-order valence-corrected chi connectivity index (χ3v) is 2.81. The third kappa shape index (κ3) is 2.42. The number of carbonyl (C=O) groups excluding carboxylic acids is 2. The smallest absolute Gasteiger partial charge is 0.411 e. The maximum Gasteiger partial charge on any atom is 0.411 e. The zero-order valence-corrected chi connectivity index (χ0v) is 10.7. The van der Waals surface area contributed by atoms with E-state index in [9.17, 15) is 14.7 Å². The quantitative estimate of drug-likeness (QED) is 0.661. The zero-order chi connectivity index (χ0) is 13.5. The van der Waals surface area contributed by atoms with Crippen molar-refractivity contribution in [2.24, 2.45) is 0 Å². The number of esters is 1. The van der Waals surface area contributed by atoms with Crippen LogP contribution in [0, 0.1) is 0 Å². The van der Waals surface area contributed by atoms with Crippen molar-refractivity contribution in [1.82, 2.24) is 4.90 Å². The van der Waals surface area contributed by atoms with Gasteiger partial charge in [0, 0.05) is 13.0 Å². The fourth-order valence-electron chi connectivity index (χ4n) is 2.15. The van der Waals surface area contributed by atoms with Gasteiger partial charge in [-0.25, -0.2) is 9.59 Å². The van der Waals surface area contributed by atoms with Crippen LogP contribution in [0.2, 0.25) is 0 Å². The Morgan fingerprint density at radius 1 is 1.56 bits per heavy atom. The van der Waals surface area contributed by atoms with Gasteiger partial charge in [0.05, 0.1) is 6.08 Å². The minimum atomic E-state index is -0.613. The second kappa shape index (κ2) is 4.19. The molecule has 0 saturated carbocycles. The van der Waals surface area contributed by atoms with Crippen LogP contribution >= 0.6 is 0 Å². The van der Waals surface area contributed by atoms with E-state index in [0.717, 1.165) is 6.08 Å². The van der Waals surface area contributed by atoms with Gasteiger partial charge in [-0.3, -0.25) is 4.90 Å². The summed E-state index contributed by atoms with van der Waals surface area (Å²) in [6.45, 7) is 5.72. The van der Waals surface area contributed by atoms with Gasteiger partial charge in [-0.2, -0.15) is 0 Å². The van der Waals surface area contributed by atoms with Gasteiger partial charge in [0.2, 0.25) is 0 Å². The minimum Gasteiger partial charge on any atom is -0.510 e. The van der Waals surface area contributed by atoms with Gasteiger partial charge in [0.25, 0.3) is 0 Å². The lowest BCUT2D eigenvalue weighted by Crippen LogP contribution is -2.46. The molecule has 0 radical (unpaired) electrons. The van der Waals surface area contributed by atoms with Gasteiger partial charge in [-0.05, 0) is 20.8 Å². The molecule has 6 heteroatoms. The van der Waals surface area contributed by atoms with Gasteiger partial charge < -0.3 is 14.6 Å². The highest BCUT2D eigenvalue weighted by Crippen LogP contribution is 2.30. The van der Waals surface area contributed by atoms with Crippen molar-refractivity contribution in [2.45, 2.75) is 44.9 Å². The highest BCUT2D eigenvalue weighted by atomic mass is 16.6. The maximum absolute atomic E-state index is 12.0. The number of ether oxygens (including phenoxy) is 2. The van der Waals surface area contributed by atoms with Crippen LogP contribution in [-0.4, -0.2) is 46.4 Å². The van der Waals surface area contributed by atoms with Crippen molar-refractivity contribution < 1.29 is 24.2 Å². The molecule has 0 unspecified atom stereocenters. The highest BCUT2D eigenvalue weighted by Gasteiger charge is 2.45. The molecule has 100 valence electrons. The molecule has 1 amide bonds. The van der Waals surface area contributed by atoms with Crippen molar-refractivity contribution in [1.29, 1.82) is 0 Å². The average molecular weight is 255 g/mol. The van der Waals surface area contributed by atoms with Crippen molar-refractivity contribution in [3.05, 3.63) is 11.8 Å². The number of fused-ring (bicyclic) bond motifs is 1. The van der Waals surface area contributed by atoms with Crippen LogP contribution < -0.4 is 0 Å². The molecule has 0 spiro atoms. The summed E-state index contributed by atoms with van der Waals surface area (Å²) in [5.41, 5.74) is -0.597. The van der Waals surface area contributed by atoms with Gasteiger partial charge >= 0.3 is 12.1 Å². The van der Waals surface area contributed by atoms with E-state index in [-0.39, 0.29) is 5.76 Å². The number of rotatable bonds is 0. The Labute approximate surface area is 105 Å². The summed E-state index contributed by atoms with van der Waals surface area (Å²) in [6.07, 6.45) is 0.528. The van der Waals surface area contributed by atoms with Crippen LogP contribution in [0.15, 0.2) is 11.8 Å². The predicted octanol–water partition coefficient (Wildman–Crippen LogP) is 1.36. The molecule has 2 aliphatic rings. The molecule has 0 aromatic carbocycles. The first kappa shape index (κ1) is 12.7. The van der Waals surface area contributed by atoms with Crippen molar-refractivity contribution in [3.63, 3.8) is 0 Å². The highest BCUT2D eigenvalue weighted by molar-refractivity contribution is 5.84. The van der Waals surface area contributed by atoms with Crippen LogP contribution in [0.25, 0.3) is 0 Å². The molecule has 0 bridgehead atoms. The van der Waals surface area contributed by atoms with E-state index < -0.39 is 29.8 Å². The lowest BCUT2D eigenvalue weighted by Gasteiger charge is -2.31. The van der Waals surface area contributed by atoms with Crippen molar-refractivity contribution in [3.8, 4) is 0 Å². The van der Waals surface area contributed by atoms with Crippen LogP contribution in [0.3, 0.4) is 0 Å². The number of nitrogens with zero attached hydrogens (tertiary/aromatic N) is 1. The Morgan fingerprint density at radius 3 is 2.83 bits per heavy atom. The van der Waals surface area contributed by atoms with E-state index in [4.69, 9.17) is 9.47 Å². The summed E-state index contributed by atoms with van der Waals surface area (Å²) < 4.78 is 10.3. The molecule has 1 N–H and O–H groups in total. The summed E-state index contributed by atoms with van der Waals surface area (Å²) in [5, 5.41) is 9.78. The third-order valence-electron chi connectivity index (χ3n) is 2.81. The molecule has 1 fully saturated rings. The molecular formula is C12H17NO5.